The zero-order chi connectivity index (χ0) is 20.0. The summed E-state index contributed by atoms with van der Waals surface area (Å²) in [7, 11) is 0. The third-order valence-corrected chi connectivity index (χ3v) is 4.01. The minimum atomic E-state index is -0.335. The second-order valence-electron chi connectivity index (χ2n) is 7.23. The molecule has 0 saturated heterocycles. The number of hydrogen-bond acceptors (Lipinski definition) is 3. The summed E-state index contributed by atoms with van der Waals surface area (Å²) >= 11 is 3.39. The summed E-state index contributed by atoms with van der Waals surface area (Å²) < 4.78 is 6.46. The van der Waals surface area contributed by atoms with E-state index in [0.717, 1.165) is 10.9 Å². The van der Waals surface area contributed by atoms with Gasteiger partial charge in [-0.15, -0.1) is 0 Å². The van der Waals surface area contributed by atoms with E-state index in [1.165, 1.54) is 0 Å². The van der Waals surface area contributed by atoms with Gasteiger partial charge in [0.15, 0.2) is 0 Å². The lowest BCUT2D eigenvalue weighted by Gasteiger charge is -2.20. The molecule has 2 rings (SSSR count). The largest absolute Gasteiger partial charge is 0.493 e. The van der Waals surface area contributed by atoms with E-state index in [9.17, 15) is 9.59 Å². The molecule has 0 radical (unpaired) electrons. The van der Waals surface area contributed by atoms with E-state index in [2.05, 4.69) is 26.6 Å². The second-order valence-corrected chi connectivity index (χ2v) is 8.14. The van der Waals surface area contributed by atoms with Crippen LogP contribution < -0.4 is 15.4 Å². The van der Waals surface area contributed by atoms with E-state index in [-0.39, 0.29) is 17.4 Å². The van der Waals surface area contributed by atoms with Crippen LogP contribution in [0.1, 0.15) is 54.8 Å². The molecular weight excluding hydrogens is 408 g/mol. The summed E-state index contributed by atoms with van der Waals surface area (Å²) in [5.41, 5.74) is 1.13. The number of anilines is 1. The first kappa shape index (κ1) is 21.0. The fourth-order valence-electron chi connectivity index (χ4n) is 2.37. The van der Waals surface area contributed by atoms with Crippen molar-refractivity contribution in [2.45, 2.75) is 39.7 Å². The maximum atomic E-state index is 12.7. The standard InChI is InChI=1S/C21H25BrN2O3/c1-5-11-27-18-10-9-15(22)13-17(18)20(26)23-16-8-6-7-14(12-16)19(25)24-21(2,3)4/h6-10,12-13H,5,11H2,1-4H3,(H,23,26)(H,24,25). The molecule has 0 aliphatic rings. The van der Waals surface area contributed by atoms with Crippen LogP contribution in [0.3, 0.4) is 0 Å². The molecule has 0 saturated carbocycles. The average Bonchev–Trinajstić information content (AvgIpc) is 2.59. The average molecular weight is 433 g/mol. The van der Waals surface area contributed by atoms with Gasteiger partial charge in [-0.05, 0) is 63.6 Å². The van der Waals surface area contributed by atoms with Gasteiger partial charge in [-0.3, -0.25) is 9.59 Å². The van der Waals surface area contributed by atoms with E-state index < -0.39 is 0 Å². The third-order valence-electron chi connectivity index (χ3n) is 3.52. The van der Waals surface area contributed by atoms with Crippen LogP contribution in [0, 0.1) is 0 Å². The highest BCUT2D eigenvalue weighted by Gasteiger charge is 2.17. The van der Waals surface area contributed by atoms with Crippen molar-refractivity contribution in [1.29, 1.82) is 0 Å². The van der Waals surface area contributed by atoms with Gasteiger partial charge in [0.25, 0.3) is 11.8 Å². The third kappa shape index (κ3) is 6.40. The molecule has 2 aromatic carbocycles. The Hall–Kier alpha value is -2.34. The van der Waals surface area contributed by atoms with Crippen LogP contribution in [-0.4, -0.2) is 24.0 Å². The Kier molecular flexibility index (Phi) is 7.02. The number of ether oxygens (including phenoxy) is 1. The molecule has 6 heteroatoms. The van der Waals surface area contributed by atoms with Crippen molar-refractivity contribution in [1.82, 2.24) is 5.32 Å². The molecule has 2 N–H and O–H groups in total. The van der Waals surface area contributed by atoms with Crippen LogP contribution in [0.5, 0.6) is 5.75 Å². The zero-order valence-electron chi connectivity index (χ0n) is 16.1. The molecule has 0 bridgehead atoms. The van der Waals surface area contributed by atoms with Gasteiger partial charge in [0.1, 0.15) is 5.75 Å². The van der Waals surface area contributed by atoms with E-state index in [4.69, 9.17) is 4.74 Å². The SMILES string of the molecule is CCCOc1ccc(Br)cc1C(=O)Nc1cccc(C(=O)NC(C)(C)C)c1. The first-order chi connectivity index (χ1) is 12.7. The summed E-state index contributed by atoms with van der Waals surface area (Å²) in [6.07, 6.45) is 0.849. The van der Waals surface area contributed by atoms with Crippen molar-refractivity contribution < 1.29 is 14.3 Å². The fourth-order valence-corrected chi connectivity index (χ4v) is 2.73. The van der Waals surface area contributed by atoms with Crippen LogP contribution in [0.2, 0.25) is 0 Å². The number of hydrogen-bond donors (Lipinski definition) is 2. The van der Waals surface area contributed by atoms with E-state index in [0.29, 0.717) is 29.2 Å². The van der Waals surface area contributed by atoms with Crippen molar-refractivity contribution in [2.75, 3.05) is 11.9 Å². The Morgan fingerprint density at radius 1 is 1.07 bits per heavy atom. The molecule has 5 nitrogen and oxygen atoms in total. The van der Waals surface area contributed by atoms with Gasteiger partial charge in [-0.25, -0.2) is 0 Å². The van der Waals surface area contributed by atoms with Gasteiger partial charge in [-0.2, -0.15) is 0 Å². The van der Waals surface area contributed by atoms with Gasteiger partial charge in [-0.1, -0.05) is 28.9 Å². The Morgan fingerprint density at radius 2 is 1.81 bits per heavy atom. The predicted molar refractivity (Wildman–Crippen MR) is 112 cm³/mol. The smallest absolute Gasteiger partial charge is 0.259 e. The highest BCUT2D eigenvalue weighted by atomic mass is 79.9. The summed E-state index contributed by atoms with van der Waals surface area (Å²) in [5, 5.41) is 5.75. The second kappa shape index (κ2) is 9.04. The van der Waals surface area contributed by atoms with E-state index >= 15 is 0 Å². The molecule has 0 atom stereocenters. The lowest BCUT2D eigenvalue weighted by molar-refractivity contribution is 0.0918. The molecule has 144 valence electrons. The number of carbonyl (C=O) groups excluding carboxylic acids is 2. The summed E-state index contributed by atoms with van der Waals surface area (Å²) in [4.78, 5) is 25.1. The van der Waals surface area contributed by atoms with Crippen LogP contribution in [-0.2, 0) is 0 Å². The van der Waals surface area contributed by atoms with Crippen molar-refractivity contribution >= 4 is 33.4 Å². The number of nitrogens with one attached hydrogen (secondary N) is 2. The summed E-state index contributed by atoms with van der Waals surface area (Å²) in [6, 6.07) is 12.2. The van der Waals surface area contributed by atoms with Crippen LogP contribution in [0.4, 0.5) is 5.69 Å². The number of halogens is 1. The molecule has 0 unspecified atom stereocenters. The maximum absolute atomic E-state index is 12.7. The highest BCUT2D eigenvalue weighted by Crippen LogP contribution is 2.25. The number of benzene rings is 2. The Balaban J connectivity index is 2.20. The molecule has 0 fully saturated rings. The fraction of sp³-hybridized carbons (Fsp3) is 0.333. The quantitative estimate of drug-likeness (QED) is 0.673. The van der Waals surface area contributed by atoms with Crippen molar-refractivity contribution in [3.8, 4) is 5.75 Å². The number of rotatable bonds is 6. The van der Waals surface area contributed by atoms with Crippen molar-refractivity contribution in [3.63, 3.8) is 0 Å². The Morgan fingerprint density at radius 3 is 2.48 bits per heavy atom. The maximum Gasteiger partial charge on any atom is 0.259 e. The van der Waals surface area contributed by atoms with Crippen LogP contribution in [0.15, 0.2) is 46.9 Å². The molecular formula is C21H25BrN2O3. The molecule has 2 amide bonds. The van der Waals surface area contributed by atoms with Crippen molar-refractivity contribution in [3.05, 3.63) is 58.1 Å². The van der Waals surface area contributed by atoms with Crippen LogP contribution in [0.25, 0.3) is 0 Å². The topological polar surface area (TPSA) is 67.4 Å². The Bertz CT molecular complexity index is 828. The Labute approximate surface area is 168 Å². The molecule has 0 aliphatic carbocycles. The molecule has 0 aliphatic heterocycles. The number of amides is 2. The van der Waals surface area contributed by atoms with Gasteiger partial charge in [0.05, 0.1) is 12.2 Å². The van der Waals surface area contributed by atoms with E-state index in [1.807, 2.05) is 33.8 Å². The molecule has 0 aromatic heterocycles. The summed E-state index contributed by atoms with van der Waals surface area (Å²) in [5.74, 6) is 0.0444. The van der Waals surface area contributed by atoms with E-state index in [1.54, 1.807) is 36.4 Å². The van der Waals surface area contributed by atoms with Gasteiger partial charge in [0, 0.05) is 21.3 Å². The first-order valence-electron chi connectivity index (χ1n) is 8.86. The van der Waals surface area contributed by atoms with Gasteiger partial charge >= 0.3 is 0 Å². The van der Waals surface area contributed by atoms with Crippen molar-refractivity contribution in [2.24, 2.45) is 0 Å². The van der Waals surface area contributed by atoms with Crippen LogP contribution >= 0.6 is 15.9 Å². The monoisotopic (exact) mass is 432 g/mol. The van der Waals surface area contributed by atoms with Gasteiger partial charge < -0.3 is 15.4 Å². The first-order valence-corrected chi connectivity index (χ1v) is 9.65. The minimum absolute atomic E-state index is 0.187. The minimum Gasteiger partial charge on any atom is -0.493 e. The summed E-state index contributed by atoms with van der Waals surface area (Å²) in [6.45, 7) is 8.29. The molecule has 2 aromatic rings. The lowest BCUT2D eigenvalue weighted by Crippen LogP contribution is -2.40. The predicted octanol–water partition coefficient (Wildman–Crippen LogP) is 5.02. The number of carbonyl (C=O) groups is 2. The molecule has 0 heterocycles. The molecule has 27 heavy (non-hydrogen) atoms. The normalized spacial score (nSPS) is 11.0. The zero-order valence-corrected chi connectivity index (χ0v) is 17.6. The highest BCUT2D eigenvalue weighted by molar-refractivity contribution is 9.10. The van der Waals surface area contributed by atoms with Gasteiger partial charge in [0.2, 0.25) is 0 Å². The molecule has 0 spiro atoms. The lowest BCUT2D eigenvalue weighted by atomic mass is 10.1.